The van der Waals surface area contributed by atoms with Gasteiger partial charge in [-0.15, -0.1) is 0 Å². The number of aryl methyl sites for hydroxylation is 1. The molecule has 2 amide bonds. The standard InChI is InChI=1S/C23H26Cl2N2O3/c1-2-3-16-4-7-19(8-5-16)30-15-22(28)26-18-10-12-27(13-11-18)23(29)17-6-9-20(24)21(25)14-17/h4-9,14,18H,2-3,10-13,15H2,1H3,(H,26,28). The number of ether oxygens (including phenoxy) is 1. The van der Waals surface area contributed by atoms with Gasteiger partial charge >= 0.3 is 0 Å². The van der Waals surface area contributed by atoms with Gasteiger partial charge < -0.3 is 15.0 Å². The number of piperidine rings is 1. The zero-order valence-electron chi connectivity index (χ0n) is 17.0. The molecule has 1 aliphatic heterocycles. The molecule has 1 N–H and O–H groups in total. The molecule has 0 aromatic heterocycles. The number of carbonyl (C=O) groups excluding carboxylic acids is 2. The van der Waals surface area contributed by atoms with Crippen molar-refractivity contribution in [2.75, 3.05) is 19.7 Å². The SMILES string of the molecule is CCCc1ccc(OCC(=O)NC2CCN(C(=O)c3ccc(Cl)c(Cl)c3)CC2)cc1. The van der Waals surface area contributed by atoms with E-state index < -0.39 is 0 Å². The maximum Gasteiger partial charge on any atom is 0.258 e. The van der Waals surface area contributed by atoms with E-state index in [0.717, 1.165) is 12.8 Å². The molecule has 3 rings (SSSR count). The maximum absolute atomic E-state index is 12.6. The van der Waals surface area contributed by atoms with E-state index in [2.05, 4.69) is 12.2 Å². The molecule has 160 valence electrons. The van der Waals surface area contributed by atoms with Gasteiger partial charge in [0.2, 0.25) is 0 Å². The third-order valence-corrected chi connectivity index (χ3v) is 5.88. The Labute approximate surface area is 187 Å². The lowest BCUT2D eigenvalue weighted by atomic mass is 10.0. The van der Waals surface area contributed by atoms with Gasteiger partial charge in [-0.25, -0.2) is 0 Å². The fourth-order valence-corrected chi connectivity index (χ4v) is 3.80. The Morgan fingerprint density at radius 2 is 1.77 bits per heavy atom. The first kappa shape index (κ1) is 22.4. The zero-order valence-corrected chi connectivity index (χ0v) is 18.5. The van der Waals surface area contributed by atoms with Crippen molar-refractivity contribution in [3.05, 3.63) is 63.6 Å². The van der Waals surface area contributed by atoms with Gasteiger partial charge in [-0.1, -0.05) is 48.7 Å². The second kappa shape index (κ2) is 10.7. The van der Waals surface area contributed by atoms with Crippen molar-refractivity contribution in [2.24, 2.45) is 0 Å². The van der Waals surface area contributed by atoms with Gasteiger partial charge in [0, 0.05) is 24.7 Å². The first-order valence-corrected chi connectivity index (χ1v) is 11.0. The van der Waals surface area contributed by atoms with Gasteiger partial charge in [0.15, 0.2) is 6.61 Å². The van der Waals surface area contributed by atoms with E-state index in [1.165, 1.54) is 5.56 Å². The zero-order chi connectivity index (χ0) is 21.5. The topological polar surface area (TPSA) is 58.6 Å². The van der Waals surface area contributed by atoms with Gasteiger partial charge in [0.05, 0.1) is 10.0 Å². The molecule has 30 heavy (non-hydrogen) atoms. The summed E-state index contributed by atoms with van der Waals surface area (Å²) in [4.78, 5) is 26.6. The lowest BCUT2D eigenvalue weighted by Crippen LogP contribution is -2.47. The molecule has 0 saturated carbocycles. The molecule has 0 aliphatic carbocycles. The number of amides is 2. The van der Waals surface area contributed by atoms with Crippen LogP contribution in [0.1, 0.15) is 42.1 Å². The van der Waals surface area contributed by atoms with Crippen molar-refractivity contribution in [2.45, 2.75) is 38.6 Å². The highest BCUT2D eigenvalue weighted by Gasteiger charge is 2.25. The second-order valence-electron chi connectivity index (χ2n) is 7.45. The minimum atomic E-state index is -0.151. The van der Waals surface area contributed by atoms with Gasteiger partial charge in [0.25, 0.3) is 11.8 Å². The highest BCUT2D eigenvalue weighted by molar-refractivity contribution is 6.42. The first-order valence-electron chi connectivity index (χ1n) is 10.2. The molecule has 0 atom stereocenters. The van der Waals surface area contributed by atoms with Crippen molar-refractivity contribution in [1.82, 2.24) is 10.2 Å². The van der Waals surface area contributed by atoms with Crippen molar-refractivity contribution in [3.8, 4) is 5.75 Å². The molecule has 1 fully saturated rings. The number of likely N-dealkylation sites (tertiary alicyclic amines) is 1. The summed E-state index contributed by atoms with van der Waals surface area (Å²) >= 11 is 11.9. The maximum atomic E-state index is 12.6. The van der Waals surface area contributed by atoms with Crippen LogP contribution in [0.15, 0.2) is 42.5 Å². The molecular weight excluding hydrogens is 423 g/mol. The largest absolute Gasteiger partial charge is 0.484 e. The molecule has 0 radical (unpaired) electrons. The number of hydrogen-bond donors (Lipinski definition) is 1. The van der Waals surface area contributed by atoms with Crippen LogP contribution in [-0.4, -0.2) is 42.5 Å². The van der Waals surface area contributed by atoms with Crippen LogP contribution < -0.4 is 10.1 Å². The molecule has 7 heteroatoms. The first-order chi connectivity index (χ1) is 14.5. The number of hydrogen-bond acceptors (Lipinski definition) is 3. The van der Waals surface area contributed by atoms with Crippen molar-refractivity contribution >= 4 is 35.0 Å². The van der Waals surface area contributed by atoms with Crippen molar-refractivity contribution < 1.29 is 14.3 Å². The summed E-state index contributed by atoms with van der Waals surface area (Å²) in [5, 5.41) is 3.79. The van der Waals surface area contributed by atoms with E-state index in [9.17, 15) is 9.59 Å². The Hall–Kier alpha value is -2.24. The van der Waals surface area contributed by atoms with Crippen LogP contribution in [0.4, 0.5) is 0 Å². The Morgan fingerprint density at radius 3 is 2.40 bits per heavy atom. The fourth-order valence-electron chi connectivity index (χ4n) is 3.50. The molecule has 1 saturated heterocycles. The highest BCUT2D eigenvalue weighted by Crippen LogP contribution is 2.24. The van der Waals surface area contributed by atoms with E-state index in [-0.39, 0.29) is 24.5 Å². The van der Waals surface area contributed by atoms with Gasteiger partial charge in [-0.3, -0.25) is 9.59 Å². The Morgan fingerprint density at radius 1 is 1.07 bits per heavy atom. The molecule has 0 bridgehead atoms. The minimum Gasteiger partial charge on any atom is -0.484 e. The van der Waals surface area contributed by atoms with Crippen LogP contribution in [-0.2, 0) is 11.2 Å². The van der Waals surface area contributed by atoms with E-state index in [1.807, 2.05) is 24.3 Å². The summed E-state index contributed by atoms with van der Waals surface area (Å²) in [7, 11) is 0. The van der Waals surface area contributed by atoms with Crippen LogP contribution in [0.3, 0.4) is 0 Å². The van der Waals surface area contributed by atoms with Gasteiger partial charge in [-0.05, 0) is 55.2 Å². The van der Waals surface area contributed by atoms with Crippen LogP contribution in [0.5, 0.6) is 5.75 Å². The molecule has 2 aromatic rings. The Kier molecular flexibility index (Phi) is 8.00. The summed E-state index contributed by atoms with van der Waals surface area (Å²) in [6.07, 6.45) is 3.53. The number of rotatable bonds is 7. The van der Waals surface area contributed by atoms with E-state index in [4.69, 9.17) is 27.9 Å². The average Bonchev–Trinajstić information content (AvgIpc) is 2.75. The van der Waals surface area contributed by atoms with Crippen LogP contribution in [0.2, 0.25) is 10.0 Å². The number of nitrogens with zero attached hydrogens (tertiary/aromatic N) is 1. The molecule has 1 aliphatic rings. The van der Waals surface area contributed by atoms with Crippen LogP contribution >= 0.6 is 23.2 Å². The summed E-state index contributed by atoms with van der Waals surface area (Å²) in [6.45, 7) is 3.27. The molecule has 1 heterocycles. The smallest absolute Gasteiger partial charge is 0.258 e. The monoisotopic (exact) mass is 448 g/mol. The van der Waals surface area contributed by atoms with Crippen LogP contribution in [0, 0.1) is 0 Å². The molecule has 5 nitrogen and oxygen atoms in total. The van der Waals surface area contributed by atoms with E-state index in [1.54, 1.807) is 23.1 Å². The lowest BCUT2D eigenvalue weighted by molar-refractivity contribution is -0.124. The third-order valence-electron chi connectivity index (χ3n) is 5.15. The summed E-state index contributed by atoms with van der Waals surface area (Å²) in [6, 6.07) is 12.8. The lowest BCUT2D eigenvalue weighted by Gasteiger charge is -2.32. The predicted molar refractivity (Wildman–Crippen MR) is 119 cm³/mol. The normalized spacial score (nSPS) is 14.4. The fraction of sp³-hybridized carbons (Fsp3) is 0.391. The molecular formula is C23H26Cl2N2O3. The number of benzene rings is 2. The molecule has 0 unspecified atom stereocenters. The predicted octanol–water partition coefficient (Wildman–Crippen LogP) is 4.75. The number of nitrogens with one attached hydrogen (secondary N) is 1. The van der Waals surface area contributed by atoms with E-state index >= 15 is 0 Å². The quantitative estimate of drug-likeness (QED) is 0.664. The minimum absolute atomic E-state index is 0.0183. The highest BCUT2D eigenvalue weighted by atomic mass is 35.5. The van der Waals surface area contributed by atoms with Crippen molar-refractivity contribution in [1.29, 1.82) is 0 Å². The number of halogens is 2. The van der Waals surface area contributed by atoms with Crippen LogP contribution in [0.25, 0.3) is 0 Å². The summed E-state index contributed by atoms with van der Waals surface area (Å²) in [5.74, 6) is 0.460. The van der Waals surface area contributed by atoms with Gasteiger partial charge in [-0.2, -0.15) is 0 Å². The summed E-state index contributed by atoms with van der Waals surface area (Å²) < 4.78 is 5.58. The Bertz CT molecular complexity index is 879. The van der Waals surface area contributed by atoms with Gasteiger partial charge in [0.1, 0.15) is 5.75 Å². The third kappa shape index (κ3) is 6.13. The summed E-state index contributed by atoms with van der Waals surface area (Å²) in [5.41, 5.74) is 1.78. The molecule has 2 aromatic carbocycles. The average molecular weight is 449 g/mol. The van der Waals surface area contributed by atoms with Crippen molar-refractivity contribution in [3.63, 3.8) is 0 Å². The molecule has 0 spiro atoms. The Balaban J connectivity index is 1.42. The van der Waals surface area contributed by atoms with E-state index in [0.29, 0.717) is 47.3 Å². The second-order valence-corrected chi connectivity index (χ2v) is 8.26. The number of carbonyl (C=O) groups is 2.